The monoisotopic (exact) mass is 265 g/mol. The van der Waals surface area contributed by atoms with Crippen LogP contribution in [0, 0.1) is 0 Å². The third-order valence-electron chi connectivity index (χ3n) is 2.65. The molecular formula is C13H15NO3S. The quantitative estimate of drug-likeness (QED) is 0.902. The van der Waals surface area contributed by atoms with Crippen molar-refractivity contribution in [3.05, 3.63) is 40.3 Å². The van der Waals surface area contributed by atoms with Crippen molar-refractivity contribution in [1.82, 2.24) is 4.98 Å². The summed E-state index contributed by atoms with van der Waals surface area (Å²) in [7, 11) is 3.18. The maximum Gasteiger partial charge on any atom is 0.124 e. The van der Waals surface area contributed by atoms with Gasteiger partial charge in [0.1, 0.15) is 11.5 Å². The Bertz CT molecular complexity index is 499. The summed E-state index contributed by atoms with van der Waals surface area (Å²) in [4.78, 5) is 4.17. The summed E-state index contributed by atoms with van der Waals surface area (Å²) in [6.07, 6.45) is 1.55. The topological polar surface area (TPSA) is 51.6 Å². The number of aromatic nitrogens is 1. The smallest absolute Gasteiger partial charge is 0.124 e. The second-order valence-corrected chi connectivity index (χ2v) is 4.73. The van der Waals surface area contributed by atoms with Gasteiger partial charge in [0.25, 0.3) is 0 Å². The number of aliphatic hydroxyl groups is 1. The second-order valence-electron chi connectivity index (χ2n) is 3.75. The van der Waals surface area contributed by atoms with Crippen molar-refractivity contribution >= 4 is 11.3 Å². The van der Waals surface area contributed by atoms with E-state index in [-0.39, 0.29) is 0 Å². The molecule has 0 fully saturated rings. The summed E-state index contributed by atoms with van der Waals surface area (Å²) in [6, 6.07) is 5.38. The molecule has 1 heterocycles. The number of nitrogens with zero attached hydrogens (tertiary/aromatic N) is 1. The molecule has 18 heavy (non-hydrogen) atoms. The van der Waals surface area contributed by atoms with E-state index in [0.717, 1.165) is 5.01 Å². The Labute approximate surface area is 110 Å². The summed E-state index contributed by atoms with van der Waals surface area (Å²) in [5, 5.41) is 13.0. The molecule has 0 amide bonds. The van der Waals surface area contributed by atoms with E-state index in [2.05, 4.69) is 4.98 Å². The van der Waals surface area contributed by atoms with Crippen LogP contribution < -0.4 is 9.47 Å². The van der Waals surface area contributed by atoms with Crippen LogP contribution in [0.2, 0.25) is 0 Å². The number of aliphatic hydroxyl groups excluding tert-OH is 1. The molecule has 1 aromatic carbocycles. The van der Waals surface area contributed by atoms with Gasteiger partial charge < -0.3 is 14.6 Å². The van der Waals surface area contributed by atoms with Crippen molar-refractivity contribution < 1.29 is 14.6 Å². The minimum absolute atomic E-state index is 0.473. The van der Waals surface area contributed by atoms with E-state index < -0.39 is 6.10 Å². The van der Waals surface area contributed by atoms with Crippen LogP contribution in [-0.2, 0) is 6.42 Å². The second kappa shape index (κ2) is 5.84. The zero-order chi connectivity index (χ0) is 13.0. The van der Waals surface area contributed by atoms with Gasteiger partial charge in [-0.25, -0.2) is 4.98 Å². The molecule has 0 aliphatic carbocycles. The molecule has 1 atom stereocenters. The van der Waals surface area contributed by atoms with Crippen LogP contribution in [0.3, 0.4) is 0 Å². The molecule has 0 bridgehead atoms. The number of ether oxygens (including phenoxy) is 2. The first-order valence-electron chi connectivity index (χ1n) is 5.53. The summed E-state index contributed by atoms with van der Waals surface area (Å²) in [5.74, 6) is 1.35. The normalized spacial score (nSPS) is 12.2. The molecule has 2 rings (SSSR count). The lowest BCUT2D eigenvalue weighted by Crippen LogP contribution is -2.04. The average Bonchev–Trinajstić information content (AvgIpc) is 2.90. The maximum absolute atomic E-state index is 10.3. The minimum atomic E-state index is -0.652. The summed E-state index contributed by atoms with van der Waals surface area (Å²) < 4.78 is 10.4. The van der Waals surface area contributed by atoms with Crippen molar-refractivity contribution in [2.75, 3.05) is 14.2 Å². The molecule has 1 aromatic heterocycles. The molecule has 1 N–H and O–H groups in total. The summed E-state index contributed by atoms with van der Waals surface area (Å²) >= 11 is 1.53. The van der Waals surface area contributed by atoms with Gasteiger partial charge in [0.2, 0.25) is 0 Å². The fourth-order valence-corrected chi connectivity index (χ4v) is 2.38. The third kappa shape index (κ3) is 2.80. The van der Waals surface area contributed by atoms with Gasteiger partial charge >= 0.3 is 0 Å². The number of benzene rings is 1. The zero-order valence-electron chi connectivity index (χ0n) is 10.3. The van der Waals surface area contributed by atoms with E-state index in [9.17, 15) is 5.11 Å². The van der Waals surface area contributed by atoms with Gasteiger partial charge in [0, 0.05) is 23.6 Å². The number of hydrogen-bond acceptors (Lipinski definition) is 5. The molecule has 5 heteroatoms. The van der Waals surface area contributed by atoms with E-state index >= 15 is 0 Å². The summed E-state index contributed by atoms with van der Waals surface area (Å²) in [6.45, 7) is 0. The number of methoxy groups -OCH3 is 2. The Morgan fingerprint density at radius 2 is 2.17 bits per heavy atom. The van der Waals surface area contributed by atoms with E-state index in [4.69, 9.17) is 9.47 Å². The largest absolute Gasteiger partial charge is 0.497 e. The molecular weight excluding hydrogens is 250 g/mol. The van der Waals surface area contributed by atoms with Gasteiger partial charge in [-0.1, -0.05) is 0 Å². The molecule has 0 aliphatic heterocycles. The zero-order valence-corrected chi connectivity index (χ0v) is 11.1. The van der Waals surface area contributed by atoms with Crippen LogP contribution in [0.5, 0.6) is 11.5 Å². The standard InChI is InChI=1S/C13H15NO3S/c1-16-9-3-4-12(17-2)10(7-9)11(15)8-13-14-5-6-18-13/h3-7,11,15H,8H2,1-2H3. The third-order valence-corrected chi connectivity index (χ3v) is 3.45. The molecule has 4 nitrogen and oxygen atoms in total. The lowest BCUT2D eigenvalue weighted by Gasteiger charge is -2.15. The molecule has 1 unspecified atom stereocenters. The van der Waals surface area contributed by atoms with Crippen LogP contribution in [0.1, 0.15) is 16.7 Å². The van der Waals surface area contributed by atoms with Gasteiger partial charge in [-0.2, -0.15) is 0 Å². The number of thiazole rings is 1. The highest BCUT2D eigenvalue weighted by molar-refractivity contribution is 7.09. The maximum atomic E-state index is 10.3. The molecule has 0 radical (unpaired) electrons. The molecule has 2 aromatic rings. The Kier molecular flexibility index (Phi) is 4.17. The number of hydrogen-bond donors (Lipinski definition) is 1. The predicted octanol–water partition coefficient (Wildman–Crippen LogP) is 2.44. The SMILES string of the molecule is COc1ccc(OC)c(C(O)Cc2nccs2)c1. The molecule has 0 saturated carbocycles. The Balaban J connectivity index is 2.24. The molecule has 0 spiro atoms. The van der Waals surface area contributed by atoms with Gasteiger partial charge in [0.05, 0.1) is 25.3 Å². The molecule has 0 saturated heterocycles. The van der Waals surface area contributed by atoms with Gasteiger partial charge in [-0.05, 0) is 18.2 Å². The van der Waals surface area contributed by atoms with Crippen LogP contribution in [0.4, 0.5) is 0 Å². The van der Waals surface area contributed by atoms with Gasteiger partial charge in [-0.15, -0.1) is 11.3 Å². The molecule has 0 aliphatic rings. The Morgan fingerprint density at radius 1 is 1.33 bits per heavy atom. The number of rotatable bonds is 5. The van der Waals surface area contributed by atoms with E-state index in [1.54, 1.807) is 38.6 Å². The van der Waals surface area contributed by atoms with Crippen molar-refractivity contribution in [3.63, 3.8) is 0 Å². The lowest BCUT2D eigenvalue weighted by molar-refractivity contribution is 0.173. The van der Waals surface area contributed by atoms with E-state index in [1.165, 1.54) is 11.3 Å². The van der Waals surface area contributed by atoms with Crippen molar-refractivity contribution in [2.45, 2.75) is 12.5 Å². The van der Waals surface area contributed by atoms with Gasteiger partial charge in [0.15, 0.2) is 0 Å². The van der Waals surface area contributed by atoms with E-state index in [0.29, 0.717) is 23.5 Å². The fraction of sp³-hybridized carbons (Fsp3) is 0.308. The van der Waals surface area contributed by atoms with Crippen molar-refractivity contribution in [3.8, 4) is 11.5 Å². The van der Waals surface area contributed by atoms with Crippen LogP contribution >= 0.6 is 11.3 Å². The van der Waals surface area contributed by atoms with Gasteiger partial charge in [-0.3, -0.25) is 0 Å². The van der Waals surface area contributed by atoms with Crippen molar-refractivity contribution in [1.29, 1.82) is 0 Å². The summed E-state index contributed by atoms with van der Waals surface area (Å²) in [5.41, 5.74) is 0.715. The van der Waals surface area contributed by atoms with Crippen molar-refractivity contribution in [2.24, 2.45) is 0 Å². The highest BCUT2D eigenvalue weighted by Crippen LogP contribution is 2.31. The first-order valence-corrected chi connectivity index (χ1v) is 6.41. The van der Waals surface area contributed by atoms with Crippen LogP contribution in [0.25, 0.3) is 0 Å². The van der Waals surface area contributed by atoms with E-state index in [1.807, 2.05) is 5.38 Å². The molecule has 96 valence electrons. The average molecular weight is 265 g/mol. The minimum Gasteiger partial charge on any atom is -0.497 e. The van der Waals surface area contributed by atoms with Crippen LogP contribution in [0.15, 0.2) is 29.8 Å². The Morgan fingerprint density at radius 3 is 2.78 bits per heavy atom. The van der Waals surface area contributed by atoms with Crippen LogP contribution in [-0.4, -0.2) is 24.3 Å². The predicted molar refractivity (Wildman–Crippen MR) is 70.3 cm³/mol. The first kappa shape index (κ1) is 12.9. The lowest BCUT2D eigenvalue weighted by atomic mass is 10.1. The Hall–Kier alpha value is -1.59. The highest BCUT2D eigenvalue weighted by Gasteiger charge is 2.16. The first-order chi connectivity index (χ1) is 8.74. The highest BCUT2D eigenvalue weighted by atomic mass is 32.1. The fourth-order valence-electron chi connectivity index (χ4n) is 1.73.